The van der Waals surface area contributed by atoms with E-state index in [1.165, 1.54) is 18.5 Å². The Bertz CT molecular complexity index is 502. The summed E-state index contributed by atoms with van der Waals surface area (Å²) < 4.78 is 1.05. The van der Waals surface area contributed by atoms with Crippen molar-refractivity contribution in [2.24, 2.45) is 0 Å². The Kier molecular flexibility index (Phi) is 4.48. The van der Waals surface area contributed by atoms with E-state index in [-0.39, 0.29) is 12.4 Å². The average Bonchev–Trinajstić information content (AvgIpc) is 2.98. The van der Waals surface area contributed by atoms with Crippen molar-refractivity contribution in [3.8, 4) is 11.4 Å². The number of hydrogen-bond donors (Lipinski definition) is 3. The molecular formula is C12H16BrClN4. The van der Waals surface area contributed by atoms with Crippen molar-refractivity contribution in [1.82, 2.24) is 20.5 Å². The van der Waals surface area contributed by atoms with Crippen LogP contribution in [-0.2, 0) is 0 Å². The summed E-state index contributed by atoms with van der Waals surface area (Å²) in [6.45, 7) is 2.19. The highest BCUT2D eigenvalue weighted by atomic mass is 79.9. The quantitative estimate of drug-likeness (QED) is 0.792. The summed E-state index contributed by atoms with van der Waals surface area (Å²) in [5.74, 6) is 0.573. The van der Waals surface area contributed by atoms with Crippen molar-refractivity contribution in [2.45, 2.75) is 18.8 Å². The van der Waals surface area contributed by atoms with Crippen LogP contribution in [0.15, 0.2) is 22.8 Å². The van der Waals surface area contributed by atoms with Crippen molar-refractivity contribution >= 4 is 28.3 Å². The minimum atomic E-state index is 0. The maximum atomic E-state index is 4.37. The number of H-pyrrole nitrogens is 2. The minimum absolute atomic E-state index is 0. The van der Waals surface area contributed by atoms with E-state index in [2.05, 4.69) is 42.5 Å². The molecule has 4 nitrogen and oxygen atoms in total. The molecule has 3 N–H and O–H groups in total. The van der Waals surface area contributed by atoms with Gasteiger partial charge in [0, 0.05) is 28.8 Å². The zero-order valence-electron chi connectivity index (χ0n) is 9.87. The third kappa shape index (κ3) is 2.79. The van der Waals surface area contributed by atoms with E-state index < -0.39 is 0 Å². The number of aromatic nitrogens is 3. The van der Waals surface area contributed by atoms with Gasteiger partial charge in [0.2, 0.25) is 0 Å². The maximum Gasteiger partial charge on any atom is 0.109 e. The van der Waals surface area contributed by atoms with Gasteiger partial charge in [-0.2, -0.15) is 5.10 Å². The number of halogens is 2. The fraction of sp³-hybridized carbons (Fsp3) is 0.417. The van der Waals surface area contributed by atoms with E-state index in [1.54, 1.807) is 0 Å². The van der Waals surface area contributed by atoms with E-state index in [1.807, 2.05) is 12.3 Å². The number of nitrogens with zero attached hydrogens (tertiary/aromatic N) is 1. The molecule has 6 heteroatoms. The third-order valence-electron chi connectivity index (χ3n) is 3.26. The van der Waals surface area contributed by atoms with Crippen LogP contribution in [0.4, 0.5) is 0 Å². The molecule has 1 aliphatic rings. The molecule has 1 aliphatic heterocycles. The highest BCUT2D eigenvalue weighted by Gasteiger charge is 2.17. The van der Waals surface area contributed by atoms with Crippen LogP contribution >= 0.6 is 28.3 Å². The average molecular weight is 332 g/mol. The largest absolute Gasteiger partial charge is 0.359 e. The molecule has 0 amide bonds. The van der Waals surface area contributed by atoms with Gasteiger partial charge in [0.1, 0.15) is 5.69 Å². The van der Waals surface area contributed by atoms with E-state index in [9.17, 15) is 0 Å². The van der Waals surface area contributed by atoms with Gasteiger partial charge in [0.25, 0.3) is 0 Å². The molecular weight excluding hydrogens is 316 g/mol. The predicted octanol–water partition coefficient (Wildman–Crippen LogP) is 3.06. The van der Waals surface area contributed by atoms with Gasteiger partial charge in [0.05, 0.1) is 5.69 Å². The van der Waals surface area contributed by atoms with Crippen molar-refractivity contribution in [1.29, 1.82) is 0 Å². The SMILES string of the molecule is Brc1c[nH]c(-c2cc([C@H]3CCCNC3)[nH]n2)c1.Cl. The van der Waals surface area contributed by atoms with E-state index in [0.717, 1.165) is 29.0 Å². The van der Waals surface area contributed by atoms with Crippen LogP contribution in [0.5, 0.6) is 0 Å². The maximum absolute atomic E-state index is 4.37. The van der Waals surface area contributed by atoms with Gasteiger partial charge >= 0.3 is 0 Å². The second-order valence-electron chi connectivity index (χ2n) is 4.48. The van der Waals surface area contributed by atoms with Crippen molar-refractivity contribution in [2.75, 3.05) is 13.1 Å². The van der Waals surface area contributed by atoms with Crippen LogP contribution < -0.4 is 5.32 Å². The van der Waals surface area contributed by atoms with Gasteiger partial charge < -0.3 is 10.3 Å². The molecule has 3 rings (SSSR count). The van der Waals surface area contributed by atoms with Gasteiger partial charge in [-0.05, 0) is 47.4 Å². The number of hydrogen-bond acceptors (Lipinski definition) is 2. The molecule has 98 valence electrons. The lowest BCUT2D eigenvalue weighted by atomic mass is 9.96. The molecule has 0 aliphatic carbocycles. The van der Waals surface area contributed by atoms with Crippen LogP contribution in [0, 0.1) is 0 Å². The summed E-state index contributed by atoms with van der Waals surface area (Å²) >= 11 is 3.43. The lowest BCUT2D eigenvalue weighted by Crippen LogP contribution is -2.28. The van der Waals surface area contributed by atoms with Crippen molar-refractivity contribution in [3.05, 3.63) is 28.5 Å². The number of piperidine rings is 1. The van der Waals surface area contributed by atoms with Crippen LogP contribution in [0.3, 0.4) is 0 Å². The summed E-state index contributed by atoms with van der Waals surface area (Å²) in [6.07, 6.45) is 4.40. The monoisotopic (exact) mass is 330 g/mol. The topological polar surface area (TPSA) is 56.5 Å². The Balaban J connectivity index is 0.00000120. The van der Waals surface area contributed by atoms with Gasteiger partial charge in [-0.15, -0.1) is 12.4 Å². The Labute approximate surface area is 120 Å². The summed E-state index contributed by atoms with van der Waals surface area (Å²) in [5, 5.41) is 11.0. The molecule has 0 spiro atoms. The molecule has 0 saturated carbocycles. The molecule has 0 aromatic carbocycles. The zero-order valence-corrected chi connectivity index (χ0v) is 12.3. The zero-order chi connectivity index (χ0) is 11.7. The van der Waals surface area contributed by atoms with E-state index in [4.69, 9.17) is 0 Å². The fourth-order valence-corrected chi connectivity index (χ4v) is 2.66. The first-order valence-electron chi connectivity index (χ1n) is 5.93. The lowest BCUT2D eigenvalue weighted by Gasteiger charge is -2.21. The second-order valence-corrected chi connectivity index (χ2v) is 5.40. The summed E-state index contributed by atoms with van der Waals surface area (Å²) in [6, 6.07) is 4.19. The lowest BCUT2D eigenvalue weighted by molar-refractivity contribution is 0.454. The Morgan fingerprint density at radius 3 is 2.89 bits per heavy atom. The van der Waals surface area contributed by atoms with E-state index in [0.29, 0.717) is 5.92 Å². The second kappa shape index (κ2) is 5.91. The summed E-state index contributed by atoms with van der Waals surface area (Å²) in [7, 11) is 0. The molecule has 3 heterocycles. The number of aromatic amines is 2. The van der Waals surface area contributed by atoms with Gasteiger partial charge in [-0.3, -0.25) is 5.10 Å². The van der Waals surface area contributed by atoms with E-state index >= 15 is 0 Å². The minimum Gasteiger partial charge on any atom is -0.359 e. The Morgan fingerprint density at radius 1 is 1.33 bits per heavy atom. The highest BCUT2D eigenvalue weighted by molar-refractivity contribution is 9.10. The van der Waals surface area contributed by atoms with Gasteiger partial charge in [0.15, 0.2) is 0 Å². The fourth-order valence-electron chi connectivity index (χ4n) is 2.32. The molecule has 1 atom stereocenters. The van der Waals surface area contributed by atoms with Crippen LogP contribution in [-0.4, -0.2) is 28.3 Å². The highest BCUT2D eigenvalue weighted by Crippen LogP contribution is 2.26. The Morgan fingerprint density at radius 2 is 2.22 bits per heavy atom. The van der Waals surface area contributed by atoms with Gasteiger partial charge in [-0.25, -0.2) is 0 Å². The molecule has 0 radical (unpaired) electrons. The standard InChI is InChI=1S/C12H15BrN4.ClH/c13-9-4-11(15-7-9)12-5-10(16-17-12)8-2-1-3-14-6-8;/h4-5,7-8,14-15H,1-3,6H2,(H,16,17);1H/t8-;/m0./s1. The molecule has 1 fully saturated rings. The summed E-state index contributed by atoms with van der Waals surface area (Å²) in [5.41, 5.74) is 3.26. The summed E-state index contributed by atoms with van der Waals surface area (Å²) in [4.78, 5) is 3.19. The molecule has 0 unspecified atom stereocenters. The van der Waals surface area contributed by atoms with Crippen LogP contribution in [0.2, 0.25) is 0 Å². The molecule has 2 aromatic rings. The molecule has 2 aromatic heterocycles. The van der Waals surface area contributed by atoms with Crippen molar-refractivity contribution in [3.63, 3.8) is 0 Å². The first-order valence-corrected chi connectivity index (χ1v) is 6.72. The van der Waals surface area contributed by atoms with Crippen LogP contribution in [0.25, 0.3) is 11.4 Å². The number of nitrogens with one attached hydrogen (secondary N) is 3. The Hall–Kier alpha value is -0.780. The van der Waals surface area contributed by atoms with Crippen molar-refractivity contribution < 1.29 is 0 Å². The first-order chi connectivity index (χ1) is 8.33. The molecule has 0 bridgehead atoms. The molecule has 18 heavy (non-hydrogen) atoms. The van der Waals surface area contributed by atoms with Crippen LogP contribution in [0.1, 0.15) is 24.5 Å². The third-order valence-corrected chi connectivity index (χ3v) is 3.72. The normalized spacial score (nSPS) is 19.5. The van der Waals surface area contributed by atoms with Gasteiger partial charge in [-0.1, -0.05) is 0 Å². The molecule has 1 saturated heterocycles. The predicted molar refractivity (Wildman–Crippen MR) is 78.2 cm³/mol. The first kappa shape index (κ1) is 13.6. The smallest absolute Gasteiger partial charge is 0.109 e. The number of rotatable bonds is 2.